The molecule has 2 saturated heterocycles. The predicted octanol–water partition coefficient (Wildman–Crippen LogP) is 2.84. The molecule has 0 aromatic heterocycles. The van der Waals surface area contributed by atoms with Crippen molar-refractivity contribution in [1.82, 2.24) is 0 Å². The summed E-state index contributed by atoms with van der Waals surface area (Å²) in [5, 5.41) is 0. The van der Waals surface area contributed by atoms with E-state index >= 15 is 0 Å². The maximum absolute atomic E-state index is 12.3. The van der Waals surface area contributed by atoms with Crippen LogP contribution in [0.4, 0.5) is 0 Å². The van der Waals surface area contributed by atoms with Gasteiger partial charge in [-0.15, -0.1) is 0 Å². The minimum absolute atomic E-state index is 0.172. The van der Waals surface area contributed by atoms with E-state index in [1.165, 1.54) is 0 Å². The molecule has 0 radical (unpaired) electrons. The highest BCUT2D eigenvalue weighted by Gasteiger charge is 2.75. The van der Waals surface area contributed by atoms with Gasteiger partial charge in [-0.1, -0.05) is 26.7 Å². The van der Waals surface area contributed by atoms with E-state index in [1.54, 1.807) is 0 Å². The van der Waals surface area contributed by atoms with Gasteiger partial charge in [-0.05, 0) is 19.8 Å². The number of carbonyl (C=O) groups is 1. The first kappa shape index (κ1) is 14.8. The molecule has 4 nitrogen and oxygen atoms in total. The van der Waals surface area contributed by atoms with Crippen molar-refractivity contribution in [2.45, 2.75) is 76.6 Å². The van der Waals surface area contributed by atoms with Gasteiger partial charge >= 0.3 is 5.97 Å². The summed E-state index contributed by atoms with van der Waals surface area (Å²) in [6.45, 7) is 7.19. The molecule has 19 heavy (non-hydrogen) atoms. The van der Waals surface area contributed by atoms with Crippen LogP contribution >= 0.6 is 0 Å². The minimum atomic E-state index is -0.687. The Morgan fingerprint density at radius 2 is 2.11 bits per heavy atom. The zero-order valence-electron chi connectivity index (χ0n) is 12.4. The molecular formula is C15H26O4. The molecule has 0 N–H and O–H groups in total. The first-order chi connectivity index (χ1) is 9.14. The number of epoxide rings is 1. The van der Waals surface area contributed by atoms with Gasteiger partial charge in [0.15, 0.2) is 5.60 Å². The zero-order valence-corrected chi connectivity index (χ0v) is 12.4. The third-order valence-electron chi connectivity index (χ3n) is 4.30. The van der Waals surface area contributed by atoms with Gasteiger partial charge in [0.25, 0.3) is 0 Å². The monoisotopic (exact) mass is 270 g/mol. The van der Waals surface area contributed by atoms with Gasteiger partial charge in [0.05, 0.1) is 12.7 Å². The summed E-state index contributed by atoms with van der Waals surface area (Å²) >= 11 is 0. The van der Waals surface area contributed by atoms with E-state index in [-0.39, 0.29) is 17.7 Å². The van der Waals surface area contributed by atoms with Crippen LogP contribution in [0.1, 0.15) is 59.3 Å². The molecule has 2 aliphatic rings. The highest BCUT2D eigenvalue weighted by Crippen LogP contribution is 2.58. The summed E-state index contributed by atoms with van der Waals surface area (Å²) in [6, 6.07) is 0. The molecule has 0 bridgehead atoms. The van der Waals surface area contributed by atoms with Gasteiger partial charge < -0.3 is 14.2 Å². The number of ether oxygens (including phenoxy) is 3. The second kappa shape index (κ2) is 5.80. The van der Waals surface area contributed by atoms with Gasteiger partial charge in [-0.3, -0.25) is 0 Å². The van der Waals surface area contributed by atoms with Crippen molar-refractivity contribution in [3.8, 4) is 0 Å². The molecule has 3 atom stereocenters. The lowest BCUT2D eigenvalue weighted by Gasteiger charge is -2.29. The van der Waals surface area contributed by atoms with Gasteiger partial charge in [0.1, 0.15) is 5.60 Å². The van der Waals surface area contributed by atoms with E-state index in [1.807, 2.05) is 6.92 Å². The number of esters is 1. The molecule has 0 aromatic carbocycles. The van der Waals surface area contributed by atoms with Crippen LogP contribution in [-0.2, 0) is 19.0 Å². The van der Waals surface area contributed by atoms with Crippen molar-refractivity contribution in [3.63, 3.8) is 0 Å². The summed E-state index contributed by atoms with van der Waals surface area (Å²) in [6.07, 6.45) is 5.69. The average Bonchev–Trinajstić information content (AvgIpc) is 2.98. The summed E-state index contributed by atoms with van der Waals surface area (Å²) in [5.74, 6) is -0.172. The highest BCUT2D eigenvalue weighted by molar-refractivity contribution is 5.85. The van der Waals surface area contributed by atoms with Gasteiger partial charge in [0, 0.05) is 19.4 Å². The molecule has 2 rings (SSSR count). The number of rotatable bonds is 6. The van der Waals surface area contributed by atoms with Crippen LogP contribution in [0.15, 0.2) is 0 Å². The Labute approximate surface area is 115 Å². The Hall–Kier alpha value is -0.610. The summed E-state index contributed by atoms with van der Waals surface area (Å²) in [4.78, 5) is 12.3. The Bertz CT molecular complexity index is 328. The van der Waals surface area contributed by atoms with Crippen LogP contribution in [0.2, 0.25) is 0 Å². The summed E-state index contributed by atoms with van der Waals surface area (Å²) < 4.78 is 17.0. The van der Waals surface area contributed by atoms with Crippen LogP contribution in [-0.4, -0.2) is 36.5 Å². The van der Waals surface area contributed by atoms with E-state index in [4.69, 9.17) is 14.2 Å². The van der Waals surface area contributed by atoms with E-state index in [0.29, 0.717) is 13.2 Å². The van der Waals surface area contributed by atoms with Crippen LogP contribution < -0.4 is 0 Å². The van der Waals surface area contributed by atoms with Crippen molar-refractivity contribution < 1.29 is 19.0 Å². The molecule has 0 aliphatic carbocycles. The van der Waals surface area contributed by atoms with Crippen LogP contribution in [0.5, 0.6) is 0 Å². The Morgan fingerprint density at radius 1 is 1.32 bits per heavy atom. The summed E-state index contributed by atoms with van der Waals surface area (Å²) in [5.41, 5.74) is -0.999. The summed E-state index contributed by atoms with van der Waals surface area (Å²) in [7, 11) is 0. The standard InChI is InChI=1S/C15H26O4/c1-4-7-12-11-14(9-10-18-12)15(19-14,8-5-2)13(16)17-6-3/h12H,4-11H2,1-3H3. The molecule has 3 unspecified atom stereocenters. The fourth-order valence-corrected chi connectivity index (χ4v) is 3.40. The lowest BCUT2D eigenvalue weighted by atomic mass is 9.80. The molecular weight excluding hydrogens is 244 g/mol. The second-order valence-corrected chi connectivity index (χ2v) is 5.63. The fraction of sp³-hybridized carbons (Fsp3) is 0.933. The molecule has 2 heterocycles. The smallest absolute Gasteiger partial charge is 0.341 e. The van der Waals surface area contributed by atoms with Gasteiger partial charge in [-0.25, -0.2) is 4.79 Å². The van der Waals surface area contributed by atoms with E-state index < -0.39 is 5.60 Å². The fourth-order valence-electron chi connectivity index (χ4n) is 3.40. The third kappa shape index (κ3) is 2.52. The SMILES string of the molecule is CCCC1CC2(CCO1)OC2(CCC)C(=O)OCC. The van der Waals surface area contributed by atoms with E-state index in [0.717, 1.165) is 38.5 Å². The Kier molecular flexibility index (Phi) is 4.51. The van der Waals surface area contributed by atoms with Crippen LogP contribution in [0.3, 0.4) is 0 Å². The number of hydrogen-bond acceptors (Lipinski definition) is 4. The molecule has 4 heteroatoms. The molecule has 0 aromatic rings. The molecule has 110 valence electrons. The molecule has 2 aliphatic heterocycles. The predicted molar refractivity (Wildman–Crippen MR) is 72.0 cm³/mol. The largest absolute Gasteiger partial charge is 0.464 e. The maximum atomic E-state index is 12.3. The lowest BCUT2D eigenvalue weighted by Crippen LogP contribution is -2.42. The van der Waals surface area contributed by atoms with Crippen molar-refractivity contribution in [1.29, 1.82) is 0 Å². The van der Waals surface area contributed by atoms with Crippen molar-refractivity contribution >= 4 is 5.97 Å². The van der Waals surface area contributed by atoms with Gasteiger partial charge in [-0.2, -0.15) is 0 Å². The van der Waals surface area contributed by atoms with E-state index in [2.05, 4.69) is 13.8 Å². The van der Waals surface area contributed by atoms with E-state index in [9.17, 15) is 4.79 Å². The maximum Gasteiger partial charge on any atom is 0.341 e. The van der Waals surface area contributed by atoms with Crippen molar-refractivity contribution in [2.75, 3.05) is 13.2 Å². The second-order valence-electron chi connectivity index (χ2n) is 5.63. The average molecular weight is 270 g/mol. The third-order valence-corrected chi connectivity index (χ3v) is 4.30. The zero-order chi connectivity index (χ0) is 13.9. The first-order valence-corrected chi connectivity index (χ1v) is 7.63. The van der Waals surface area contributed by atoms with Crippen LogP contribution in [0, 0.1) is 0 Å². The van der Waals surface area contributed by atoms with Gasteiger partial charge in [0.2, 0.25) is 0 Å². The lowest BCUT2D eigenvalue weighted by molar-refractivity contribution is -0.150. The minimum Gasteiger partial charge on any atom is -0.464 e. The quantitative estimate of drug-likeness (QED) is 0.550. The molecule has 1 spiro atoms. The number of hydrogen-bond donors (Lipinski definition) is 0. The Balaban J connectivity index is 2.09. The van der Waals surface area contributed by atoms with Crippen molar-refractivity contribution in [3.05, 3.63) is 0 Å². The first-order valence-electron chi connectivity index (χ1n) is 7.63. The van der Waals surface area contributed by atoms with Crippen molar-refractivity contribution in [2.24, 2.45) is 0 Å². The normalized spacial score (nSPS) is 37.3. The number of carbonyl (C=O) groups excluding carboxylic acids is 1. The van der Waals surface area contributed by atoms with Crippen LogP contribution in [0.25, 0.3) is 0 Å². The molecule has 2 fully saturated rings. The molecule has 0 saturated carbocycles. The molecule has 0 amide bonds. The highest BCUT2D eigenvalue weighted by atomic mass is 16.7. The Morgan fingerprint density at radius 3 is 2.74 bits per heavy atom. The topological polar surface area (TPSA) is 48.1 Å².